The number of ether oxygens (including phenoxy) is 1. The van der Waals surface area contributed by atoms with Crippen molar-refractivity contribution in [3.05, 3.63) is 47.8 Å². The van der Waals surface area contributed by atoms with Crippen molar-refractivity contribution in [1.82, 2.24) is 15.3 Å². The third-order valence-electron chi connectivity index (χ3n) is 2.93. The fourth-order valence-corrected chi connectivity index (χ4v) is 2.47. The summed E-state index contributed by atoms with van der Waals surface area (Å²) in [5, 5.41) is 10.6. The van der Waals surface area contributed by atoms with Crippen LogP contribution in [0, 0.1) is 0 Å². The summed E-state index contributed by atoms with van der Waals surface area (Å²) < 4.78 is 43.2. The van der Waals surface area contributed by atoms with E-state index in [1.165, 1.54) is 24.0 Å². The molecule has 1 aliphatic heterocycles. The number of carbonyl (C=O) groups excluding carboxylic acids is 1. The van der Waals surface area contributed by atoms with Crippen LogP contribution in [0.2, 0.25) is 0 Å². The number of carbonyl (C=O) groups is 1. The summed E-state index contributed by atoms with van der Waals surface area (Å²) in [6, 6.07) is 6.75. The van der Waals surface area contributed by atoms with E-state index in [2.05, 4.69) is 25.5 Å². The number of hydrogen-bond acceptors (Lipinski definition) is 7. The van der Waals surface area contributed by atoms with Gasteiger partial charge in [-0.1, -0.05) is 23.9 Å². The predicted molar refractivity (Wildman–Crippen MR) is 89.2 cm³/mol. The van der Waals surface area contributed by atoms with Crippen molar-refractivity contribution in [3.8, 4) is 11.8 Å². The largest absolute Gasteiger partial charge is 0.433 e. The van der Waals surface area contributed by atoms with Gasteiger partial charge < -0.3 is 10.1 Å². The first-order valence-corrected chi connectivity index (χ1v) is 8.10. The zero-order valence-electron chi connectivity index (χ0n) is 12.9. The average Bonchev–Trinajstić information content (AvgIpc) is 3.00. The van der Waals surface area contributed by atoms with Gasteiger partial charge in [-0.3, -0.25) is 4.79 Å². The minimum absolute atomic E-state index is 0.138. The third-order valence-corrected chi connectivity index (χ3v) is 3.80. The Kier molecular flexibility index (Phi) is 5.16. The number of rotatable bonds is 4. The molecule has 0 saturated carbocycles. The molecule has 1 aromatic carbocycles. The van der Waals surface area contributed by atoms with Gasteiger partial charge in [0.2, 0.25) is 5.91 Å². The van der Waals surface area contributed by atoms with Gasteiger partial charge >= 0.3 is 12.2 Å². The standard InChI is InChI=1S/C15H10F3N5O2S/c16-15(17,18)11-4-5-19-13(21-11)25-10-3-1-2-9(6-10)7-20-23-14-22-12(24)8-26-14/h1-7H,8H2,(H,22,23,24). The summed E-state index contributed by atoms with van der Waals surface area (Å²) in [6.45, 7) is 0. The molecule has 0 bridgehead atoms. The van der Waals surface area contributed by atoms with Gasteiger partial charge in [0.25, 0.3) is 0 Å². The summed E-state index contributed by atoms with van der Waals surface area (Å²) in [4.78, 5) is 18.0. The molecule has 1 N–H and O–H groups in total. The Morgan fingerprint density at radius 2 is 2.15 bits per heavy atom. The zero-order chi connectivity index (χ0) is 18.6. The van der Waals surface area contributed by atoms with Crippen LogP contribution in [0.25, 0.3) is 0 Å². The van der Waals surface area contributed by atoms with E-state index >= 15 is 0 Å². The van der Waals surface area contributed by atoms with Crippen molar-refractivity contribution in [1.29, 1.82) is 0 Å². The van der Waals surface area contributed by atoms with E-state index in [1.807, 2.05) is 0 Å². The van der Waals surface area contributed by atoms with Gasteiger partial charge in [0.05, 0.1) is 12.0 Å². The molecular weight excluding hydrogens is 371 g/mol. The molecule has 2 heterocycles. The van der Waals surface area contributed by atoms with Crippen molar-refractivity contribution in [2.24, 2.45) is 10.2 Å². The zero-order valence-corrected chi connectivity index (χ0v) is 13.7. The van der Waals surface area contributed by atoms with Gasteiger partial charge in [-0.05, 0) is 23.8 Å². The van der Waals surface area contributed by atoms with E-state index in [4.69, 9.17) is 4.74 Å². The maximum atomic E-state index is 12.7. The summed E-state index contributed by atoms with van der Waals surface area (Å²) in [5.41, 5.74) is -0.500. The van der Waals surface area contributed by atoms with Gasteiger partial charge in [-0.15, -0.1) is 5.10 Å². The van der Waals surface area contributed by atoms with Crippen molar-refractivity contribution >= 4 is 29.1 Å². The Hall–Kier alpha value is -2.95. The van der Waals surface area contributed by atoms with Gasteiger partial charge in [0.15, 0.2) is 10.9 Å². The summed E-state index contributed by atoms with van der Waals surface area (Å²) in [6.07, 6.45) is -2.19. The molecule has 0 radical (unpaired) electrons. The van der Waals surface area contributed by atoms with E-state index < -0.39 is 17.9 Å². The second-order valence-corrected chi connectivity index (χ2v) is 5.85. The van der Waals surface area contributed by atoms with Crippen LogP contribution in [0.3, 0.4) is 0 Å². The summed E-state index contributed by atoms with van der Waals surface area (Å²) in [5.74, 6) is 0.402. The topological polar surface area (TPSA) is 88.8 Å². The molecule has 1 fully saturated rings. The molecule has 26 heavy (non-hydrogen) atoms. The van der Waals surface area contributed by atoms with Gasteiger partial charge in [-0.25, -0.2) is 4.98 Å². The SMILES string of the molecule is O=C1CSC(=NN=Cc2cccc(Oc3nccc(C(F)(F)F)n3)c2)N1. The van der Waals surface area contributed by atoms with Gasteiger partial charge in [0, 0.05) is 6.20 Å². The Morgan fingerprint density at radius 3 is 2.88 bits per heavy atom. The fraction of sp³-hybridized carbons (Fsp3) is 0.133. The lowest BCUT2D eigenvalue weighted by atomic mass is 10.2. The van der Waals surface area contributed by atoms with Crippen LogP contribution < -0.4 is 10.1 Å². The molecule has 134 valence electrons. The van der Waals surface area contributed by atoms with Crippen LogP contribution in [-0.2, 0) is 11.0 Å². The van der Waals surface area contributed by atoms with E-state index in [0.717, 1.165) is 12.3 Å². The van der Waals surface area contributed by atoms with Crippen LogP contribution in [0.4, 0.5) is 13.2 Å². The molecule has 11 heteroatoms. The van der Waals surface area contributed by atoms with Crippen molar-refractivity contribution in [2.45, 2.75) is 6.18 Å². The highest BCUT2D eigenvalue weighted by Gasteiger charge is 2.33. The quantitative estimate of drug-likeness (QED) is 0.650. The fourth-order valence-electron chi connectivity index (χ4n) is 1.84. The lowest BCUT2D eigenvalue weighted by Crippen LogP contribution is -2.19. The first-order valence-electron chi connectivity index (χ1n) is 7.12. The molecular formula is C15H10F3N5O2S. The molecule has 2 aromatic rings. The van der Waals surface area contributed by atoms with Crippen LogP contribution >= 0.6 is 11.8 Å². The number of alkyl halides is 3. The van der Waals surface area contributed by atoms with Crippen LogP contribution in [-0.4, -0.2) is 33.0 Å². The van der Waals surface area contributed by atoms with Crippen LogP contribution in [0.15, 0.2) is 46.7 Å². The molecule has 0 unspecified atom stereocenters. The Labute approximate surface area is 149 Å². The molecule has 1 saturated heterocycles. The molecule has 0 spiro atoms. The lowest BCUT2D eigenvalue weighted by Gasteiger charge is -2.08. The number of benzene rings is 1. The first-order chi connectivity index (χ1) is 12.4. The second-order valence-electron chi connectivity index (χ2n) is 4.88. The Morgan fingerprint density at radius 1 is 1.31 bits per heavy atom. The predicted octanol–water partition coefficient (Wildman–Crippen LogP) is 2.84. The number of nitrogens with one attached hydrogen (secondary N) is 1. The minimum atomic E-state index is -4.58. The van der Waals surface area contributed by atoms with Crippen molar-refractivity contribution < 1.29 is 22.7 Å². The molecule has 3 rings (SSSR count). The van der Waals surface area contributed by atoms with E-state index in [0.29, 0.717) is 16.5 Å². The van der Waals surface area contributed by atoms with Gasteiger partial charge in [-0.2, -0.15) is 23.3 Å². The number of aromatic nitrogens is 2. The minimum Gasteiger partial charge on any atom is -0.424 e. The number of thioether (sulfide) groups is 1. The number of amides is 1. The van der Waals surface area contributed by atoms with Crippen molar-refractivity contribution in [3.63, 3.8) is 0 Å². The molecule has 1 aromatic heterocycles. The molecule has 1 amide bonds. The smallest absolute Gasteiger partial charge is 0.424 e. The van der Waals surface area contributed by atoms with Gasteiger partial charge in [0.1, 0.15) is 5.75 Å². The molecule has 0 aliphatic carbocycles. The van der Waals surface area contributed by atoms with E-state index in [-0.39, 0.29) is 11.7 Å². The highest BCUT2D eigenvalue weighted by molar-refractivity contribution is 8.15. The molecule has 1 aliphatic rings. The molecule has 0 atom stereocenters. The number of nitrogens with zero attached hydrogens (tertiary/aromatic N) is 4. The number of halogens is 3. The normalized spacial score (nSPS) is 16.3. The second kappa shape index (κ2) is 7.52. The highest BCUT2D eigenvalue weighted by atomic mass is 32.2. The van der Waals surface area contributed by atoms with Crippen molar-refractivity contribution in [2.75, 3.05) is 5.75 Å². The van der Waals surface area contributed by atoms with E-state index in [1.54, 1.807) is 18.2 Å². The van der Waals surface area contributed by atoms with Crippen LogP contribution in [0.1, 0.15) is 11.3 Å². The summed E-state index contributed by atoms with van der Waals surface area (Å²) >= 11 is 1.24. The van der Waals surface area contributed by atoms with Crippen LogP contribution in [0.5, 0.6) is 11.8 Å². The Bertz CT molecular complexity index is 886. The average molecular weight is 381 g/mol. The molecule has 7 nitrogen and oxygen atoms in total. The maximum absolute atomic E-state index is 12.7. The maximum Gasteiger partial charge on any atom is 0.433 e. The lowest BCUT2D eigenvalue weighted by molar-refractivity contribution is -0.141. The Balaban J connectivity index is 1.71. The third kappa shape index (κ3) is 4.79. The first kappa shape index (κ1) is 17.9. The highest BCUT2D eigenvalue weighted by Crippen LogP contribution is 2.28. The summed E-state index contributed by atoms with van der Waals surface area (Å²) in [7, 11) is 0. The van der Waals surface area contributed by atoms with E-state index in [9.17, 15) is 18.0 Å². The number of hydrogen-bond donors (Lipinski definition) is 1. The number of amidine groups is 1. The monoisotopic (exact) mass is 381 g/mol.